The number of hydrogen-bond acceptors (Lipinski definition) is 0. The summed E-state index contributed by atoms with van der Waals surface area (Å²) in [7, 11) is 0. The molecule has 0 fully saturated rings. The van der Waals surface area contributed by atoms with Gasteiger partial charge in [-0.3, -0.25) is 0 Å². The maximum Gasteiger partial charge on any atom is 0.0656 e. The second-order valence-corrected chi connectivity index (χ2v) is 9.48. The number of halogens is 1. The van der Waals surface area contributed by atoms with Gasteiger partial charge in [-0.25, -0.2) is 0 Å². The lowest BCUT2D eigenvalue weighted by molar-refractivity contribution is 0.690. The van der Waals surface area contributed by atoms with Gasteiger partial charge in [0.2, 0.25) is 0 Å². The maximum atomic E-state index is 6.17. The molecule has 2 heteroatoms. The molecule has 1 aliphatic carbocycles. The number of aromatic amines is 1. The summed E-state index contributed by atoms with van der Waals surface area (Å²) in [5.41, 5.74) is 6.61. The normalized spacial score (nSPS) is 13.3. The zero-order valence-corrected chi connectivity index (χ0v) is 19.5. The smallest absolute Gasteiger partial charge is 0.0656 e. The van der Waals surface area contributed by atoms with E-state index in [4.69, 9.17) is 11.6 Å². The lowest BCUT2D eigenvalue weighted by Gasteiger charge is -2.18. The summed E-state index contributed by atoms with van der Waals surface area (Å²) < 4.78 is 0. The summed E-state index contributed by atoms with van der Waals surface area (Å²) in [6.45, 7) is 2.11. The first kappa shape index (κ1) is 20.3. The fourth-order valence-corrected chi connectivity index (χ4v) is 5.64. The Bertz CT molecular complexity index is 1640. The number of H-pyrrole nitrogens is 1. The van der Waals surface area contributed by atoms with Gasteiger partial charge in [0.1, 0.15) is 0 Å². The Balaban J connectivity index is 0.000000127. The van der Waals surface area contributed by atoms with Gasteiger partial charge in [0.05, 0.1) is 10.5 Å². The molecule has 1 heterocycles. The highest BCUT2D eigenvalue weighted by Crippen LogP contribution is 2.34. The van der Waals surface area contributed by atoms with Crippen LogP contribution in [0.2, 0.25) is 5.02 Å². The molecule has 0 saturated heterocycles. The van der Waals surface area contributed by atoms with E-state index in [0.717, 1.165) is 16.1 Å². The van der Waals surface area contributed by atoms with Crippen molar-refractivity contribution in [3.8, 4) is 0 Å². The number of hydrogen-bond donors (Lipinski definition) is 1. The Morgan fingerprint density at radius 1 is 0.667 bits per heavy atom. The molecule has 1 nitrogen and oxygen atoms in total. The number of rotatable bonds is 0. The lowest BCUT2D eigenvalue weighted by Crippen LogP contribution is -2.02. The molecule has 0 saturated carbocycles. The van der Waals surface area contributed by atoms with Crippen LogP contribution in [0.5, 0.6) is 0 Å². The Kier molecular flexibility index (Phi) is 5.08. The molecule has 1 aliphatic rings. The number of aromatic nitrogens is 1. The van der Waals surface area contributed by atoms with Gasteiger partial charge in [0.15, 0.2) is 0 Å². The minimum atomic E-state index is 0.784. The molecule has 0 radical (unpaired) electrons. The number of benzene rings is 5. The second kappa shape index (κ2) is 8.24. The maximum absolute atomic E-state index is 6.17. The summed E-state index contributed by atoms with van der Waals surface area (Å²) in [4.78, 5) is 3.36. The minimum Gasteiger partial charge on any atom is -0.353 e. The van der Waals surface area contributed by atoms with Crippen molar-refractivity contribution in [2.24, 2.45) is 0 Å². The molecule has 0 aliphatic heterocycles. The van der Waals surface area contributed by atoms with Crippen molar-refractivity contribution >= 4 is 55.0 Å². The van der Waals surface area contributed by atoms with Gasteiger partial charge in [0.25, 0.3) is 0 Å². The highest BCUT2D eigenvalue weighted by atomic mass is 35.5. The van der Waals surface area contributed by atoms with Crippen molar-refractivity contribution in [2.45, 2.75) is 32.6 Å². The van der Waals surface area contributed by atoms with E-state index in [1.807, 2.05) is 12.1 Å². The van der Waals surface area contributed by atoms with E-state index < -0.39 is 0 Å². The molecule has 5 aromatic carbocycles. The molecule has 1 N–H and O–H groups in total. The second-order valence-electron chi connectivity index (χ2n) is 9.08. The molecule has 33 heavy (non-hydrogen) atoms. The van der Waals surface area contributed by atoms with Gasteiger partial charge in [-0.1, -0.05) is 84.4 Å². The summed E-state index contributed by atoms with van der Waals surface area (Å²) >= 11 is 6.17. The zero-order valence-electron chi connectivity index (χ0n) is 18.8. The van der Waals surface area contributed by atoms with Crippen LogP contribution in [0.4, 0.5) is 0 Å². The average molecular weight is 448 g/mol. The lowest BCUT2D eigenvalue weighted by atomic mass is 9.86. The number of nitrogens with one attached hydrogen (secondary N) is 1. The van der Waals surface area contributed by atoms with Gasteiger partial charge in [0, 0.05) is 16.3 Å². The topological polar surface area (TPSA) is 15.8 Å². The molecule has 0 bridgehead atoms. The fourth-order valence-electron chi connectivity index (χ4n) is 5.44. The number of fused-ring (bicyclic) bond motifs is 8. The molecule has 0 amide bonds. The first-order valence-corrected chi connectivity index (χ1v) is 12.2. The predicted octanol–water partition coefficient (Wildman–Crippen LogP) is 9.15. The van der Waals surface area contributed by atoms with Crippen molar-refractivity contribution in [1.82, 2.24) is 4.98 Å². The SMILES string of the molecule is Cc1ccc(Cl)c2[nH]c3ccccc3c12.c1ccc2c(c1)ccc1c3c(ccc12)CCCC3. The van der Waals surface area contributed by atoms with Crippen LogP contribution < -0.4 is 0 Å². The standard InChI is InChI=1S/C18H16.C13H10ClN/c1-3-7-15-13(5-1)9-11-18-16-8-4-2-6-14(16)10-12-17(15)18;1-8-6-7-10(14)13-12(8)9-4-2-3-5-11(9)15-13/h1,3,5,7,9-12H,2,4,6,8H2;2-7,15H,1H3. The predicted molar refractivity (Wildman–Crippen MR) is 144 cm³/mol. The van der Waals surface area contributed by atoms with Gasteiger partial charge in [-0.05, 0) is 83.0 Å². The van der Waals surface area contributed by atoms with Gasteiger partial charge in [-0.15, -0.1) is 0 Å². The monoisotopic (exact) mass is 447 g/mol. The van der Waals surface area contributed by atoms with Crippen molar-refractivity contribution in [2.75, 3.05) is 0 Å². The Morgan fingerprint density at radius 2 is 1.42 bits per heavy atom. The molecular weight excluding hydrogens is 422 g/mol. The van der Waals surface area contributed by atoms with Crippen LogP contribution in [0.1, 0.15) is 29.5 Å². The van der Waals surface area contributed by atoms with E-state index in [2.05, 4.69) is 84.7 Å². The third-order valence-electron chi connectivity index (χ3n) is 7.08. The van der Waals surface area contributed by atoms with E-state index in [9.17, 15) is 0 Å². The molecular formula is C31H26ClN. The highest BCUT2D eigenvalue weighted by molar-refractivity contribution is 6.36. The van der Waals surface area contributed by atoms with Crippen molar-refractivity contribution in [3.05, 3.63) is 107 Å². The third kappa shape index (κ3) is 3.48. The summed E-state index contributed by atoms with van der Waals surface area (Å²) in [5, 5.41) is 8.90. The first-order chi connectivity index (χ1) is 16.2. The fraction of sp³-hybridized carbons (Fsp3) is 0.161. The largest absolute Gasteiger partial charge is 0.353 e. The zero-order chi connectivity index (χ0) is 22.4. The summed E-state index contributed by atoms with van der Waals surface area (Å²) in [6.07, 6.45) is 5.22. The van der Waals surface area contributed by atoms with Crippen LogP contribution in [-0.2, 0) is 12.8 Å². The van der Waals surface area contributed by atoms with Gasteiger partial charge >= 0.3 is 0 Å². The van der Waals surface area contributed by atoms with Gasteiger partial charge < -0.3 is 4.98 Å². The summed E-state index contributed by atoms with van der Waals surface area (Å²) in [5.74, 6) is 0. The Hall–Kier alpha value is -3.29. The third-order valence-corrected chi connectivity index (χ3v) is 7.39. The molecule has 0 unspecified atom stereocenters. The van der Waals surface area contributed by atoms with E-state index in [0.29, 0.717) is 0 Å². The van der Waals surface area contributed by atoms with E-state index in [1.54, 1.807) is 11.1 Å². The quantitative estimate of drug-likeness (QED) is 0.223. The van der Waals surface area contributed by atoms with Crippen LogP contribution in [0.25, 0.3) is 43.4 Å². The van der Waals surface area contributed by atoms with Crippen molar-refractivity contribution in [3.63, 3.8) is 0 Å². The molecule has 162 valence electrons. The van der Waals surface area contributed by atoms with E-state index in [1.165, 1.54) is 63.6 Å². The van der Waals surface area contributed by atoms with E-state index in [-0.39, 0.29) is 0 Å². The van der Waals surface area contributed by atoms with Crippen LogP contribution in [-0.4, -0.2) is 4.98 Å². The highest BCUT2D eigenvalue weighted by Gasteiger charge is 2.13. The molecule has 7 rings (SSSR count). The summed E-state index contributed by atoms with van der Waals surface area (Å²) in [6, 6.07) is 30.2. The van der Waals surface area contributed by atoms with E-state index >= 15 is 0 Å². The van der Waals surface area contributed by atoms with Crippen LogP contribution >= 0.6 is 11.6 Å². The number of aryl methyl sites for hydroxylation is 3. The molecule has 1 aromatic heterocycles. The van der Waals surface area contributed by atoms with Crippen molar-refractivity contribution in [1.29, 1.82) is 0 Å². The van der Waals surface area contributed by atoms with Crippen LogP contribution in [0.3, 0.4) is 0 Å². The molecule has 0 atom stereocenters. The van der Waals surface area contributed by atoms with Crippen LogP contribution in [0, 0.1) is 6.92 Å². The average Bonchev–Trinajstić information content (AvgIpc) is 3.27. The molecule has 6 aromatic rings. The number of para-hydroxylation sites is 1. The Labute approximate surface area is 199 Å². The Morgan fingerprint density at radius 3 is 2.33 bits per heavy atom. The van der Waals surface area contributed by atoms with Crippen LogP contribution in [0.15, 0.2) is 84.9 Å². The van der Waals surface area contributed by atoms with Crippen molar-refractivity contribution < 1.29 is 0 Å². The van der Waals surface area contributed by atoms with Gasteiger partial charge in [-0.2, -0.15) is 0 Å². The molecule has 0 spiro atoms. The first-order valence-electron chi connectivity index (χ1n) is 11.8. The minimum absolute atomic E-state index is 0.784.